The van der Waals surface area contributed by atoms with E-state index in [1.807, 2.05) is 0 Å². The Balaban J connectivity index is 0.000000180. The maximum Gasteiger partial charge on any atom is 0.300 e. The van der Waals surface area contributed by atoms with Gasteiger partial charge in [0.25, 0.3) is 11.9 Å². The normalized spacial score (nSPS) is 12.7. The molecule has 1 aliphatic heterocycles. The molecule has 0 aromatic heterocycles. The molecular formula is C6H7NO3. The molecule has 0 aliphatic carbocycles. The predicted octanol–water partition coefficient (Wildman–Crippen LogP) is 0.244. The summed E-state index contributed by atoms with van der Waals surface area (Å²) in [5.74, 6) is -0.991. The van der Waals surface area contributed by atoms with Crippen LogP contribution in [0.2, 0.25) is 0 Å². The van der Waals surface area contributed by atoms with Crippen molar-refractivity contribution in [3.63, 3.8) is 0 Å². The fraction of sp³-hybridized carbons (Fsp3) is 0.167. The van der Waals surface area contributed by atoms with Crippen molar-refractivity contribution in [3.05, 3.63) is 12.2 Å². The second-order valence-electron chi connectivity index (χ2n) is 1.49. The molecule has 54 valence electrons. The summed E-state index contributed by atoms with van der Waals surface area (Å²) in [6, 6.07) is 0. The van der Waals surface area contributed by atoms with Gasteiger partial charge >= 0.3 is 0 Å². The van der Waals surface area contributed by atoms with Gasteiger partial charge in [-0.25, -0.2) is 4.99 Å². The monoisotopic (exact) mass is 141 g/mol. The van der Waals surface area contributed by atoms with Crippen LogP contribution in [0, 0.1) is 0 Å². The summed E-state index contributed by atoms with van der Waals surface area (Å²) in [5, 5.41) is 7.42. The molecule has 0 aromatic rings. The number of aliphatic imine (C=N–C) groups is 1. The third-order valence-corrected chi connectivity index (χ3v) is 0.527. The van der Waals surface area contributed by atoms with Crippen LogP contribution in [0.3, 0.4) is 0 Å². The molecule has 1 rings (SSSR count). The zero-order chi connectivity index (χ0) is 7.98. The van der Waals surface area contributed by atoms with Crippen molar-refractivity contribution in [3.8, 4) is 0 Å². The zero-order valence-electron chi connectivity index (χ0n) is 5.44. The van der Waals surface area contributed by atoms with Crippen molar-refractivity contribution in [2.24, 2.45) is 4.99 Å². The first kappa shape index (κ1) is 8.55. The Kier molecular flexibility index (Phi) is 3.79. The number of carboxylic acid groups (broad SMARTS) is 1. The quantitative estimate of drug-likeness (QED) is 0.525. The Morgan fingerprint density at radius 2 is 2.20 bits per heavy atom. The van der Waals surface area contributed by atoms with Gasteiger partial charge in [0, 0.05) is 19.2 Å². The first-order valence-corrected chi connectivity index (χ1v) is 2.57. The summed E-state index contributed by atoms with van der Waals surface area (Å²) in [7, 11) is 0. The second kappa shape index (κ2) is 4.43. The van der Waals surface area contributed by atoms with Gasteiger partial charge in [-0.2, -0.15) is 0 Å². The Labute approximate surface area is 57.9 Å². The fourth-order valence-electron chi connectivity index (χ4n) is 0.285. The maximum absolute atomic E-state index is 9.96. The molecule has 0 aromatic carbocycles. The molecule has 1 N–H and O–H groups in total. The Morgan fingerprint density at radius 1 is 1.70 bits per heavy atom. The fourth-order valence-corrected chi connectivity index (χ4v) is 0.285. The van der Waals surface area contributed by atoms with Crippen LogP contribution in [0.4, 0.5) is 0 Å². The molecule has 0 saturated carbocycles. The first-order valence-electron chi connectivity index (χ1n) is 2.57. The lowest BCUT2D eigenvalue weighted by Gasteiger charge is -1.62. The number of rotatable bonds is 0. The highest BCUT2D eigenvalue weighted by Crippen LogP contribution is 1.83. The smallest absolute Gasteiger partial charge is 0.300 e. The highest BCUT2D eigenvalue weighted by molar-refractivity contribution is 6.03. The highest BCUT2D eigenvalue weighted by Gasteiger charge is 1.90. The van der Waals surface area contributed by atoms with E-state index in [4.69, 9.17) is 9.90 Å². The highest BCUT2D eigenvalue weighted by atomic mass is 16.4. The van der Waals surface area contributed by atoms with Crippen LogP contribution in [0.5, 0.6) is 0 Å². The molecule has 0 atom stereocenters. The third-order valence-electron chi connectivity index (χ3n) is 0.527. The molecule has 10 heavy (non-hydrogen) atoms. The van der Waals surface area contributed by atoms with E-state index < -0.39 is 5.97 Å². The van der Waals surface area contributed by atoms with E-state index in [2.05, 4.69) is 4.99 Å². The second-order valence-corrected chi connectivity index (χ2v) is 1.49. The number of carboxylic acids is 1. The number of amides is 1. The van der Waals surface area contributed by atoms with Crippen molar-refractivity contribution >= 4 is 18.1 Å². The molecule has 0 fully saturated rings. The molecule has 0 radical (unpaired) electrons. The van der Waals surface area contributed by atoms with Gasteiger partial charge in [-0.15, -0.1) is 0 Å². The number of nitrogens with zero attached hydrogens (tertiary/aromatic N) is 1. The molecule has 1 heterocycles. The van der Waals surface area contributed by atoms with Crippen LogP contribution in [0.25, 0.3) is 0 Å². The molecule has 1 aliphatic rings. The van der Waals surface area contributed by atoms with Gasteiger partial charge in [0.1, 0.15) is 0 Å². The number of carbonyl (C=O) groups is 2. The van der Waals surface area contributed by atoms with Crippen molar-refractivity contribution in [2.45, 2.75) is 6.92 Å². The van der Waals surface area contributed by atoms with Gasteiger partial charge in [0.15, 0.2) is 0 Å². The molecule has 0 bridgehead atoms. The largest absolute Gasteiger partial charge is 0.481 e. The lowest BCUT2D eigenvalue weighted by atomic mass is 10.6. The SMILES string of the molecule is CC(=O)O.O=C1C=CC=N1. The van der Waals surface area contributed by atoms with E-state index in [9.17, 15) is 4.79 Å². The van der Waals surface area contributed by atoms with E-state index in [0.717, 1.165) is 6.92 Å². The molecule has 1 amide bonds. The average molecular weight is 141 g/mol. The molecule has 0 spiro atoms. The van der Waals surface area contributed by atoms with Gasteiger partial charge < -0.3 is 5.11 Å². The predicted molar refractivity (Wildman–Crippen MR) is 35.9 cm³/mol. The summed E-state index contributed by atoms with van der Waals surface area (Å²) >= 11 is 0. The molecular weight excluding hydrogens is 134 g/mol. The molecule has 0 saturated heterocycles. The van der Waals surface area contributed by atoms with Gasteiger partial charge in [-0.3, -0.25) is 9.59 Å². The Morgan fingerprint density at radius 3 is 2.30 bits per heavy atom. The van der Waals surface area contributed by atoms with E-state index in [0.29, 0.717) is 0 Å². The summed E-state index contributed by atoms with van der Waals surface area (Å²) in [6.07, 6.45) is 4.50. The summed E-state index contributed by atoms with van der Waals surface area (Å²) in [4.78, 5) is 22.3. The average Bonchev–Trinajstić information content (AvgIpc) is 2.15. The summed E-state index contributed by atoms with van der Waals surface area (Å²) < 4.78 is 0. The van der Waals surface area contributed by atoms with Crippen molar-refractivity contribution in [1.29, 1.82) is 0 Å². The van der Waals surface area contributed by atoms with Gasteiger partial charge in [0.2, 0.25) is 0 Å². The van der Waals surface area contributed by atoms with Crippen LogP contribution in [0.15, 0.2) is 17.1 Å². The van der Waals surface area contributed by atoms with Crippen molar-refractivity contribution in [2.75, 3.05) is 0 Å². The first-order chi connectivity index (χ1) is 4.63. The van der Waals surface area contributed by atoms with Crippen LogP contribution in [-0.4, -0.2) is 23.2 Å². The molecule has 0 unspecified atom stereocenters. The summed E-state index contributed by atoms with van der Waals surface area (Å²) in [5.41, 5.74) is 0. The van der Waals surface area contributed by atoms with Crippen LogP contribution < -0.4 is 0 Å². The van der Waals surface area contributed by atoms with Crippen LogP contribution in [-0.2, 0) is 9.59 Å². The number of hydrogen-bond donors (Lipinski definition) is 1. The zero-order valence-corrected chi connectivity index (χ0v) is 5.44. The Bertz CT molecular complexity index is 175. The third kappa shape index (κ3) is 6.55. The van der Waals surface area contributed by atoms with Crippen molar-refractivity contribution < 1.29 is 14.7 Å². The van der Waals surface area contributed by atoms with Gasteiger partial charge in [-0.1, -0.05) is 0 Å². The molecule has 4 heteroatoms. The maximum atomic E-state index is 9.96. The number of aliphatic carboxylic acids is 1. The van der Waals surface area contributed by atoms with Gasteiger partial charge in [-0.05, 0) is 6.08 Å². The number of hydrogen-bond acceptors (Lipinski definition) is 2. The van der Waals surface area contributed by atoms with Gasteiger partial charge in [0.05, 0.1) is 0 Å². The van der Waals surface area contributed by atoms with Crippen molar-refractivity contribution in [1.82, 2.24) is 0 Å². The van der Waals surface area contributed by atoms with E-state index in [-0.39, 0.29) is 5.91 Å². The standard InChI is InChI=1S/C4H3NO.C2H4O2/c6-4-2-1-3-5-4;1-2(3)4/h1-3H;1H3,(H,3,4). The van der Waals surface area contributed by atoms with Crippen LogP contribution in [0.1, 0.15) is 6.92 Å². The lowest BCUT2D eigenvalue weighted by molar-refractivity contribution is -0.134. The topological polar surface area (TPSA) is 66.7 Å². The Hall–Kier alpha value is -1.45. The minimum atomic E-state index is -0.833. The number of allylic oxidation sites excluding steroid dienone is 1. The minimum absolute atomic E-state index is 0.157. The van der Waals surface area contributed by atoms with E-state index in [1.165, 1.54) is 12.3 Å². The lowest BCUT2D eigenvalue weighted by Crippen LogP contribution is -1.78. The van der Waals surface area contributed by atoms with E-state index >= 15 is 0 Å². The summed E-state index contributed by atoms with van der Waals surface area (Å²) in [6.45, 7) is 1.08. The minimum Gasteiger partial charge on any atom is -0.481 e. The van der Waals surface area contributed by atoms with E-state index in [1.54, 1.807) is 6.08 Å². The number of carbonyl (C=O) groups excluding carboxylic acids is 1. The molecule has 4 nitrogen and oxygen atoms in total. The van der Waals surface area contributed by atoms with Crippen LogP contribution >= 0.6 is 0 Å².